The second kappa shape index (κ2) is 13.2. The molecule has 0 aliphatic heterocycles. The molecule has 0 fully saturated rings. The Labute approximate surface area is 199 Å². The molecule has 0 N–H and O–H groups in total. The monoisotopic (exact) mass is 474 g/mol. The minimum Gasteiger partial charge on any atom is -0.205 e. The van der Waals surface area contributed by atoms with E-state index < -0.39 is 0 Å². The fraction of sp³-hybridized carbons (Fsp3) is 0.692. The normalized spacial score (nSPS) is 11.3. The predicted molar refractivity (Wildman–Crippen MR) is 140 cm³/mol. The molecular weight excluding hydrogens is 431 g/mol. The van der Waals surface area contributed by atoms with E-state index in [2.05, 4.69) is 76.2 Å². The minimum atomic E-state index is 0.0497. The fourth-order valence-electron chi connectivity index (χ4n) is 3.25. The van der Waals surface area contributed by atoms with Gasteiger partial charge in [0.25, 0.3) is 0 Å². The maximum Gasteiger partial charge on any atom is 0.141 e. The van der Waals surface area contributed by atoms with Crippen molar-refractivity contribution >= 4 is 34.3 Å². The third-order valence-corrected chi connectivity index (χ3v) is 9.02. The Bertz CT molecular complexity index is 736. The average molecular weight is 475 g/mol. The van der Waals surface area contributed by atoms with Crippen LogP contribution in [0.1, 0.15) is 143 Å². The molecular formula is C26H44ClFS2. The van der Waals surface area contributed by atoms with Crippen molar-refractivity contribution in [2.75, 3.05) is 0 Å². The van der Waals surface area contributed by atoms with E-state index in [1.807, 2.05) is 25.2 Å². The van der Waals surface area contributed by atoms with Gasteiger partial charge in [-0.1, -0.05) is 94.7 Å². The van der Waals surface area contributed by atoms with Crippen LogP contribution in [0.15, 0.2) is 0 Å². The van der Waals surface area contributed by atoms with E-state index in [0.717, 1.165) is 15.5 Å². The molecule has 174 valence electrons. The standard InChI is InChI=1S/C13H21FS.C11H17ClS.C2H6/c1-7(2)10-11(14)13(9(5)6)15-12(10)8(3)4;1-6(2)10-8(5)9(12)11(13-10)7(3)4;1-2/h7-9H,1-6H3;6-7H,1-5H3;1-2H3. The molecule has 2 heterocycles. The first-order valence-electron chi connectivity index (χ1n) is 11.4. The quantitative estimate of drug-likeness (QED) is 0.404. The van der Waals surface area contributed by atoms with E-state index in [0.29, 0.717) is 23.7 Å². The molecule has 0 aromatic carbocycles. The zero-order valence-electron chi connectivity index (χ0n) is 21.5. The predicted octanol–water partition coefficient (Wildman–Crippen LogP) is 11.2. The molecule has 0 saturated carbocycles. The first-order chi connectivity index (χ1) is 13.8. The van der Waals surface area contributed by atoms with Gasteiger partial charge in [-0.05, 0) is 42.1 Å². The summed E-state index contributed by atoms with van der Waals surface area (Å²) >= 11 is 9.79. The van der Waals surface area contributed by atoms with Crippen molar-refractivity contribution in [1.29, 1.82) is 0 Å². The lowest BCUT2D eigenvalue weighted by atomic mass is 9.97. The van der Waals surface area contributed by atoms with Crippen molar-refractivity contribution in [3.63, 3.8) is 0 Å². The zero-order valence-corrected chi connectivity index (χ0v) is 23.8. The van der Waals surface area contributed by atoms with Crippen LogP contribution >= 0.6 is 34.3 Å². The molecule has 0 aliphatic carbocycles. The smallest absolute Gasteiger partial charge is 0.141 e. The molecule has 0 amide bonds. The highest BCUT2D eigenvalue weighted by molar-refractivity contribution is 7.13. The Morgan fingerprint density at radius 3 is 1.20 bits per heavy atom. The number of hydrogen-bond acceptors (Lipinski definition) is 2. The van der Waals surface area contributed by atoms with Crippen LogP contribution in [0.25, 0.3) is 0 Å². The maximum absolute atomic E-state index is 14.2. The lowest BCUT2D eigenvalue weighted by Gasteiger charge is -2.09. The molecule has 0 atom stereocenters. The first-order valence-corrected chi connectivity index (χ1v) is 13.4. The first kappa shape index (κ1) is 29.6. The van der Waals surface area contributed by atoms with Crippen LogP contribution in [-0.2, 0) is 0 Å². The third kappa shape index (κ3) is 7.35. The Hall–Kier alpha value is -0.380. The lowest BCUT2D eigenvalue weighted by molar-refractivity contribution is 0.579. The highest BCUT2D eigenvalue weighted by Gasteiger charge is 2.23. The van der Waals surface area contributed by atoms with Gasteiger partial charge in [0, 0.05) is 25.1 Å². The van der Waals surface area contributed by atoms with Gasteiger partial charge in [-0.15, -0.1) is 22.7 Å². The van der Waals surface area contributed by atoms with E-state index in [9.17, 15) is 4.39 Å². The van der Waals surface area contributed by atoms with Gasteiger partial charge in [0.2, 0.25) is 0 Å². The van der Waals surface area contributed by atoms with Gasteiger partial charge in [0.15, 0.2) is 0 Å². The van der Waals surface area contributed by atoms with Crippen LogP contribution in [0, 0.1) is 12.7 Å². The Balaban J connectivity index is 0.000000522. The fourth-order valence-corrected chi connectivity index (χ4v) is 6.29. The summed E-state index contributed by atoms with van der Waals surface area (Å²) < 4.78 is 14.2. The Morgan fingerprint density at radius 1 is 0.600 bits per heavy atom. The topological polar surface area (TPSA) is 0 Å². The Kier molecular flexibility index (Phi) is 13.1. The zero-order chi connectivity index (χ0) is 23.9. The molecule has 4 heteroatoms. The highest BCUT2D eigenvalue weighted by atomic mass is 35.5. The van der Waals surface area contributed by atoms with E-state index in [1.165, 1.54) is 20.2 Å². The third-order valence-electron chi connectivity index (χ3n) is 4.75. The van der Waals surface area contributed by atoms with Crippen molar-refractivity contribution in [3.8, 4) is 0 Å². The summed E-state index contributed by atoms with van der Waals surface area (Å²) in [7, 11) is 0. The number of thiophene rings is 2. The second-order valence-corrected chi connectivity index (χ2v) is 11.6. The van der Waals surface area contributed by atoms with E-state index in [1.54, 1.807) is 11.3 Å². The molecule has 2 aromatic heterocycles. The van der Waals surface area contributed by atoms with Gasteiger partial charge in [-0.25, -0.2) is 4.39 Å². The largest absolute Gasteiger partial charge is 0.205 e. The molecule has 30 heavy (non-hydrogen) atoms. The number of rotatable bonds is 5. The Morgan fingerprint density at radius 2 is 0.967 bits per heavy atom. The van der Waals surface area contributed by atoms with Gasteiger partial charge in [0.1, 0.15) is 5.82 Å². The molecule has 0 bridgehead atoms. The SMILES string of the molecule is CC.CC(C)c1sc(C(C)C)c(C(C)C)c1F.Cc1c(C(C)C)sc(C(C)C)c1Cl. The lowest BCUT2D eigenvalue weighted by Crippen LogP contribution is -1.96. The van der Waals surface area contributed by atoms with Crippen LogP contribution < -0.4 is 0 Å². The average Bonchev–Trinajstić information content (AvgIpc) is 3.15. The summed E-state index contributed by atoms with van der Waals surface area (Å²) in [6.45, 7) is 27.5. The van der Waals surface area contributed by atoms with Crippen LogP contribution in [0.2, 0.25) is 5.02 Å². The van der Waals surface area contributed by atoms with Crippen molar-refractivity contribution in [1.82, 2.24) is 0 Å². The van der Waals surface area contributed by atoms with Crippen LogP contribution in [0.3, 0.4) is 0 Å². The molecule has 0 nitrogen and oxygen atoms in total. The van der Waals surface area contributed by atoms with Crippen molar-refractivity contribution < 1.29 is 4.39 Å². The van der Waals surface area contributed by atoms with E-state index in [4.69, 9.17) is 11.6 Å². The summed E-state index contributed by atoms with van der Waals surface area (Å²) in [6, 6.07) is 0. The maximum atomic E-state index is 14.2. The molecule has 0 aliphatic rings. The second-order valence-electron chi connectivity index (χ2n) is 9.10. The molecule has 2 rings (SSSR count). The molecule has 0 unspecified atom stereocenters. The summed E-state index contributed by atoms with van der Waals surface area (Å²) in [5.74, 6) is 2.19. The van der Waals surface area contributed by atoms with Crippen molar-refractivity contribution in [3.05, 3.63) is 41.5 Å². The summed E-state index contributed by atoms with van der Waals surface area (Å²) in [4.78, 5) is 4.92. The summed E-state index contributed by atoms with van der Waals surface area (Å²) in [5, 5.41) is 0.990. The molecule has 0 radical (unpaired) electrons. The van der Waals surface area contributed by atoms with Crippen LogP contribution in [0.5, 0.6) is 0 Å². The summed E-state index contributed by atoms with van der Waals surface area (Å²) in [6.07, 6.45) is 0. The van der Waals surface area contributed by atoms with Gasteiger partial charge in [-0.2, -0.15) is 0 Å². The van der Waals surface area contributed by atoms with Crippen molar-refractivity contribution in [2.45, 2.75) is 120 Å². The number of hydrogen-bond donors (Lipinski definition) is 0. The van der Waals surface area contributed by atoms with E-state index in [-0.39, 0.29) is 11.7 Å². The molecule has 0 spiro atoms. The molecule has 0 saturated heterocycles. The van der Waals surface area contributed by atoms with Gasteiger partial charge in [-0.3, -0.25) is 0 Å². The highest BCUT2D eigenvalue weighted by Crippen LogP contribution is 2.41. The van der Waals surface area contributed by atoms with Gasteiger partial charge >= 0.3 is 0 Å². The van der Waals surface area contributed by atoms with Crippen LogP contribution in [0.4, 0.5) is 4.39 Å². The molecule has 2 aromatic rings. The van der Waals surface area contributed by atoms with E-state index >= 15 is 0 Å². The minimum absolute atomic E-state index is 0.0497. The van der Waals surface area contributed by atoms with Crippen LogP contribution in [-0.4, -0.2) is 0 Å². The number of halogens is 2. The van der Waals surface area contributed by atoms with Crippen molar-refractivity contribution in [2.24, 2.45) is 0 Å². The summed E-state index contributed by atoms with van der Waals surface area (Å²) in [5.41, 5.74) is 2.23. The van der Waals surface area contributed by atoms with Gasteiger partial charge in [0.05, 0.1) is 5.02 Å². The van der Waals surface area contributed by atoms with Gasteiger partial charge < -0.3 is 0 Å².